The minimum absolute atomic E-state index is 0.146. The molecule has 220 valence electrons. The van der Waals surface area contributed by atoms with Gasteiger partial charge in [-0.2, -0.15) is 8.42 Å². The molecule has 1 aliphatic carbocycles. The van der Waals surface area contributed by atoms with E-state index in [1.54, 1.807) is 18.2 Å². The normalized spacial score (nSPS) is 13.2. The molecule has 0 spiro atoms. The Morgan fingerprint density at radius 3 is 2.10 bits per heavy atom. The monoisotopic (exact) mass is 580 g/mol. The predicted molar refractivity (Wildman–Crippen MR) is 165 cm³/mol. The summed E-state index contributed by atoms with van der Waals surface area (Å²) >= 11 is 0. The average Bonchev–Trinajstić information content (AvgIpc) is 2.92. The van der Waals surface area contributed by atoms with Crippen molar-refractivity contribution >= 4 is 33.2 Å². The number of anilines is 1. The molecular weight excluding hydrogens is 538 g/mol. The van der Waals surface area contributed by atoms with Crippen LogP contribution in [0.25, 0.3) is 5.57 Å². The van der Waals surface area contributed by atoms with Gasteiger partial charge >= 0.3 is 6.09 Å². The molecule has 9 heteroatoms. The highest BCUT2D eigenvalue weighted by molar-refractivity contribution is 7.86. The van der Waals surface area contributed by atoms with Crippen LogP contribution in [0.4, 0.5) is 10.5 Å². The molecule has 1 amide bonds. The van der Waals surface area contributed by atoms with E-state index in [0.717, 1.165) is 35.6 Å². The van der Waals surface area contributed by atoms with Crippen molar-refractivity contribution in [1.29, 1.82) is 0 Å². The molecule has 2 aromatic rings. The number of nitrogens with zero attached hydrogens (tertiary/aromatic N) is 2. The van der Waals surface area contributed by atoms with Crippen LogP contribution >= 0.6 is 0 Å². The fourth-order valence-corrected chi connectivity index (χ4v) is 5.40. The van der Waals surface area contributed by atoms with Gasteiger partial charge in [-0.15, -0.1) is 0 Å². The highest BCUT2D eigenvalue weighted by atomic mass is 32.2. The number of likely N-dealkylation sites (N-methyl/N-ethyl adjacent to an activating group) is 1. The van der Waals surface area contributed by atoms with E-state index in [4.69, 9.17) is 4.74 Å². The Morgan fingerprint density at radius 2 is 1.56 bits per heavy atom. The molecule has 0 heterocycles. The smallest absolute Gasteiger partial charge is 0.407 e. The van der Waals surface area contributed by atoms with Gasteiger partial charge in [-0.3, -0.25) is 4.55 Å². The lowest BCUT2D eigenvalue weighted by molar-refractivity contribution is -0.524. The van der Waals surface area contributed by atoms with E-state index < -0.39 is 16.2 Å². The summed E-state index contributed by atoms with van der Waals surface area (Å²) in [7, 11) is -4.46. The van der Waals surface area contributed by atoms with E-state index in [-0.39, 0.29) is 17.0 Å². The van der Waals surface area contributed by atoms with E-state index in [2.05, 4.69) is 28.6 Å². The summed E-state index contributed by atoms with van der Waals surface area (Å²) in [5.41, 5.74) is 4.40. The second kappa shape index (κ2) is 13.8. The molecule has 0 aliphatic heterocycles. The van der Waals surface area contributed by atoms with E-state index in [1.807, 2.05) is 76.3 Å². The fourth-order valence-electron chi connectivity index (χ4n) is 4.70. The molecule has 8 nitrogen and oxygen atoms in total. The number of allylic oxidation sites excluding steroid dienone is 5. The zero-order valence-corrected chi connectivity index (χ0v) is 25.7. The topological polar surface area (TPSA) is 99.0 Å². The molecule has 0 aromatic heterocycles. The van der Waals surface area contributed by atoms with Crippen LogP contribution in [-0.4, -0.2) is 67.7 Å². The van der Waals surface area contributed by atoms with Crippen LogP contribution in [0.2, 0.25) is 0 Å². The van der Waals surface area contributed by atoms with Crippen LogP contribution in [0.3, 0.4) is 0 Å². The molecule has 3 rings (SSSR count). The second-order valence-corrected chi connectivity index (χ2v) is 12.1. The maximum Gasteiger partial charge on any atom is 0.407 e. The lowest BCUT2D eigenvalue weighted by Crippen LogP contribution is -2.41. The van der Waals surface area contributed by atoms with Crippen molar-refractivity contribution in [1.82, 2.24) is 5.32 Å². The molecular formula is C32H42N3O5S+. The Balaban J connectivity index is 2.01. The first kappa shape index (κ1) is 31.8. The summed E-state index contributed by atoms with van der Waals surface area (Å²) in [6, 6.07) is 14.5. The molecule has 2 aromatic carbocycles. The van der Waals surface area contributed by atoms with Crippen molar-refractivity contribution in [2.24, 2.45) is 0 Å². The van der Waals surface area contributed by atoms with Gasteiger partial charge in [-0.1, -0.05) is 30.3 Å². The van der Waals surface area contributed by atoms with Gasteiger partial charge in [0.25, 0.3) is 10.1 Å². The fraction of sp³-hybridized carbons (Fsp3) is 0.375. The van der Waals surface area contributed by atoms with Crippen molar-refractivity contribution in [2.45, 2.75) is 52.0 Å². The van der Waals surface area contributed by atoms with Crippen molar-refractivity contribution in [3.05, 3.63) is 89.5 Å². The van der Waals surface area contributed by atoms with Crippen molar-refractivity contribution in [3.8, 4) is 0 Å². The molecule has 0 unspecified atom stereocenters. The molecule has 0 saturated carbocycles. The Morgan fingerprint density at radius 1 is 0.951 bits per heavy atom. The molecule has 0 fully saturated rings. The van der Waals surface area contributed by atoms with E-state index in [9.17, 15) is 17.8 Å². The van der Waals surface area contributed by atoms with Crippen molar-refractivity contribution < 1.29 is 27.1 Å². The van der Waals surface area contributed by atoms with Gasteiger partial charge in [0.05, 0.1) is 0 Å². The van der Waals surface area contributed by atoms with Gasteiger partial charge in [0.2, 0.25) is 0 Å². The standard InChI is InChI=1S/C32H41N3O5S/c1-7-34(8-2)26-18-14-24(15-19-26)30(28-12-10-11-13-29(28)41(37,38)39)25-16-20-27(21-17-25)35(9-3)22-23-40-31(36)33-32(4,5)6/h10-21H,7-9,22-23H2,1-6H3,(H-,33,36,37,38,39)/p+1. The van der Waals surface area contributed by atoms with Gasteiger partial charge < -0.3 is 15.0 Å². The summed E-state index contributed by atoms with van der Waals surface area (Å²) in [6.45, 7) is 15.1. The summed E-state index contributed by atoms with van der Waals surface area (Å²) < 4.78 is 42.2. The molecule has 0 atom stereocenters. The predicted octanol–water partition coefficient (Wildman–Crippen LogP) is 5.71. The first-order valence-corrected chi connectivity index (χ1v) is 15.4. The SMILES string of the molecule is CCN(CC)c1ccc(C(=C2C=CC(=[N+](CC)CCOC(=O)NC(C)(C)C)C=C2)c2ccccc2S(=O)(=O)O)cc1. The summed E-state index contributed by atoms with van der Waals surface area (Å²) in [5.74, 6) is 0. The zero-order valence-electron chi connectivity index (χ0n) is 24.8. The van der Waals surface area contributed by atoms with Crippen LogP contribution in [-0.2, 0) is 14.9 Å². The van der Waals surface area contributed by atoms with E-state index in [1.165, 1.54) is 6.07 Å². The van der Waals surface area contributed by atoms with E-state index >= 15 is 0 Å². The largest absolute Gasteiger partial charge is 0.443 e. The number of alkyl carbamates (subject to hydrolysis) is 1. The second-order valence-electron chi connectivity index (χ2n) is 10.7. The summed E-state index contributed by atoms with van der Waals surface area (Å²) in [6.07, 6.45) is 7.37. The third-order valence-corrected chi connectivity index (χ3v) is 7.60. The number of carbonyl (C=O) groups is 1. The first-order chi connectivity index (χ1) is 19.4. The number of benzene rings is 2. The van der Waals surface area contributed by atoms with Crippen molar-refractivity contribution in [2.75, 3.05) is 37.7 Å². The molecule has 41 heavy (non-hydrogen) atoms. The number of hydrogen-bond acceptors (Lipinski definition) is 5. The molecule has 0 bridgehead atoms. The van der Waals surface area contributed by atoms with Crippen LogP contribution < -0.4 is 10.2 Å². The van der Waals surface area contributed by atoms with Crippen LogP contribution in [0.15, 0.2) is 83.3 Å². The third kappa shape index (κ3) is 8.65. The van der Waals surface area contributed by atoms with E-state index in [0.29, 0.717) is 24.2 Å². The van der Waals surface area contributed by atoms with Gasteiger partial charge in [-0.25, -0.2) is 9.37 Å². The number of ether oxygens (including phenoxy) is 1. The highest BCUT2D eigenvalue weighted by Gasteiger charge is 2.22. The number of rotatable bonds is 10. The van der Waals surface area contributed by atoms with Gasteiger partial charge in [0, 0.05) is 42.0 Å². The lowest BCUT2D eigenvalue weighted by Gasteiger charge is -2.22. The van der Waals surface area contributed by atoms with Crippen LogP contribution in [0.5, 0.6) is 0 Å². The Labute approximate surface area is 244 Å². The number of amides is 1. The molecule has 0 saturated heterocycles. The number of hydrogen-bond donors (Lipinski definition) is 2. The van der Waals surface area contributed by atoms with Gasteiger partial charge in [0.1, 0.15) is 11.4 Å². The molecule has 2 N–H and O–H groups in total. The Bertz CT molecular complexity index is 1440. The summed E-state index contributed by atoms with van der Waals surface area (Å²) in [4.78, 5) is 14.1. The minimum atomic E-state index is -4.46. The summed E-state index contributed by atoms with van der Waals surface area (Å²) in [5, 5.41) is 2.79. The maximum absolute atomic E-state index is 12.3. The third-order valence-electron chi connectivity index (χ3n) is 6.69. The van der Waals surface area contributed by atoms with Crippen molar-refractivity contribution in [3.63, 3.8) is 0 Å². The van der Waals surface area contributed by atoms with Gasteiger partial charge in [0.15, 0.2) is 18.9 Å². The lowest BCUT2D eigenvalue weighted by atomic mass is 9.90. The average molecular weight is 581 g/mol. The maximum atomic E-state index is 12.3. The zero-order chi connectivity index (χ0) is 30.2. The quantitative estimate of drug-likeness (QED) is 0.276. The number of nitrogens with one attached hydrogen (secondary N) is 1. The molecule has 0 radical (unpaired) electrons. The first-order valence-electron chi connectivity index (χ1n) is 14.0. The Kier molecular flexibility index (Phi) is 10.7. The highest BCUT2D eigenvalue weighted by Crippen LogP contribution is 2.34. The molecule has 1 aliphatic rings. The van der Waals surface area contributed by atoms with Gasteiger partial charge in [-0.05, 0) is 88.6 Å². The Hall–Kier alpha value is -3.69. The van der Waals surface area contributed by atoms with Crippen LogP contribution in [0, 0.1) is 0 Å². The number of carbonyl (C=O) groups excluding carboxylic acids is 1. The van der Waals surface area contributed by atoms with Crippen LogP contribution in [0.1, 0.15) is 52.7 Å². The minimum Gasteiger partial charge on any atom is -0.443 e.